The lowest BCUT2D eigenvalue weighted by molar-refractivity contribution is -0.132. The van der Waals surface area contributed by atoms with E-state index in [4.69, 9.17) is 11.2 Å². The maximum Gasteiger partial charge on any atom is 0.243 e. The van der Waals surface area contributed by atoms with Crippen LogP contribution >= 0.6 is 0 Å². The molecule has 0 aromatic heterocycles. The number of terminal acetylenes is 1. The molecule has 2 amide bonds. The Bertz CT molecular complexity index is 1280. The minimum atomic E-state index is -3.83. The molecule has 5 atom stereocenters. The zero-order valence-corrected chi connectivity index (χ0v) is 30.6. The number of benzene rings is 1. The highest BCUT2D eigenvalue weighted by atomic mass is 32.2. The molecule has 0 radical (unpaired) electrons. The Morgan fingerprint density at radius 3 is 2.37 bits per heavy atom. The van der Waals surface area contributed by atoms with Crippen molar-refractivity contribution in [1.29, 1.82) is 0 Å². The van der Waals surface area contributed by atoms with Crippen LogP contribution in [0.3, 0.4) is 0 Å². The zero-order chi connectivity index (χ0) is 35.8. The van der Waals surface area contributed by atoms with Gasteiger partial charge in [-0.15, -0.1) is 12.3 Å². The molecule has 3 rings (SSSR count). The summed E-state index contributed by atoms with van der Waals surface area (Å²) in [5.41, 5.74) is 0.792. The molecular weight excluding hydrogens is 644 g/mol. The molecule has 0 bridgehead atoms. The Morgan fingerprint density at radius 2 is 1.73 bits per heavy atom. The van der Waals surface area contributed by atoms with E-state index < -0.39 is 57.8 Å². The van der Waals surface area contributed by atoms with Crippen LogP contribution < -0.4 is 10.6 Å². The predicted molar refractivity (Wildman–Crippen MR) is 192 cm³/mol. The number of amides is 2. The average molecular weight is 705 g/mol. The first kappa shape index (κ1) is 40.9. The summed E-state index contributed by atoms with van der Waals surface area (Å²) in [6, 6.07) is 7.31. The molecule has 1 heterocycles. The SMILES string of the molecule is C#CC[C@H](NC(=O)[C@H](Cc1ccccc1)CS(=O)(=O)N(C)CCCN1CCOCC1)C(=O)N[C@@H](CC1CCCCC1)[C@@H](O)[C@@H](O)CC(C)C. The normalized spacial score (nSPS) is 19.5. The van der Waals surface area contributed by atoms with Crippen molar-refractivity contribution in [2.45, 2.75) is 102 Å². The summed E-state index contributed by atoms with van der Waals surface area (Å²) in [4.78, 5) is 29.9. The smallest absolute Gasteiger partial charge is 0.243 e. The summed E-state index contributed by atoms with van der Waals surface area (Å²) >= 11 is 0. The molecular formula is C37H60N4O7S. The molecule has 2 fully saturated rings. The second-order valence-corrected chi connectivity index (χ2v) is 16.4. The van der Waals surface area contributed by atoms with Crippen molar-refractivity contribution in [3.63, 3.8) is 0 Å². The minimum Gasteiger partial charge on any atom is -0.390 e. The Hall–Kier alpha value is -2.53. The Kier molecular flexibility index (Phi) is 17.5. The second kappa shape index (κ2) is 21.0. The molecule has 2 aliphatic rings. The van der Waals surface area contributed by atoms with Crippen molar-refractivity contribution in [3.05, 3.63) is 35.9 Å². The maximum atomic E-state index is 13.9. The molecule has 49 heavy (non-hydrogen) atoms. The van der Waals surface area contributed by atoms with Gasteiger partial charge in [0.2, 0.25) is 21.8 Å². The number of carbonyl (C=O) groups is 2. The number of carbonyl (C=O) groups excluding carboxylic acids is 2. The molecule has 1 aromatic carbocycles. The fourth-order valence-corrected chi connectivity index (χ4v) is 8.28. The van der Waals surface area contributed by atoms with Crippen LogP contribution in [0.2, 0.25) is 0 Å². The van der Waals surface area contributed by atoms with Gasteiger partial charge in [-0.3, -0.25) is 14.5 Å². The summed E-state index contributed by atoms with van der Waals surface area (Å²) in [7, 11) is -2.30. The van der Waals surface area contributed by atoms with Crippen LogP contribution in [0.25, 0.3) is 0 Å². The van der Waals surface area contributed by atoms with Gasteiger partial charge in [0, 0.05) is 33.1 Å². The monoisotopic (exact) mass is 704 g/mol. The highest BCUT2D eigenvalue weighted by Crippen LogP contribution is 2.29. The number of ether oxygens (including phenoxy) is 1. The van der Waals surface area contributed by atoms with Crippen molar-refractivity contribution >= 4 is 21.8 Å². The molecule has 1 saturated carbocycles. The number of aliphatic hydroxyl groups is 2. The first-order valence-electron chi connectivity index (χ1n) is 18.1. The number of hydrogen-bond donors (Lipinski definition) is 4. The largest absolute Gasteiger partial charge is 0.390 e. The van der Waals surface area contributed by atoms with Gasteiger partial charge in [0.15, 0.2) is 0 Å². The number of hydrogen-bond acceptors (Lipinski definition) is 8. The van der Waals surface area contributed by atoms with E-state index in [9.17, 15) is 28.2 Å². The number of nitrogens with one attached hydrogen (secondary N) is 2. The fraction of sp³-hybridized carbons (Fsp3) is 0.730. The molecule has 4 N–H and O–H groups in total. The van der Waals surface area contributed by atoms with Gasteiger partial charge in [-0.25, -0.2) is 12.7 Å². The van der Waals surface area contributed by atoms with Gasteiger partial charge >= 0.3 is 0 Å². The van der Waals surface area contributed by atoms with E-state index in [0.29, 0.717) is 44.9 Å². The Labute approximate surface area is 294 Å². The molecule has 1 aromatic rings. The third-order valence-electron chi connectivity index (χ3n) is 9.75. The molecule has 1 aliphatic heterocycles. The molecule has 12 heteroatoms. The van der Waals surface area contributed by atoms with Gasteiger partial charge in [0.1, 0.15) is 12.1 Å². The fourth-order valence-electron chi connectivity index (χ4n) is 6.84. The topological polar surface area (TPSA) is 149 Å². The van der Waals surface area contributed by atoms with Crippen LogP contribution in [-0.4, -0.2) is 116 Å². The lowest BCUT2D eigenvalue weighted by Crippen LogP contribution is -2.56. The third-order valence-corrected chi connectivity index (χ3v) is 11.7. The summed E-state index contributed by atoms with van der Waals surface area (Å²) in [5.74, 6) is 0.333. The first-order chi connectivity index (χ1) is 23.4. The van der Waals surface area contributed by atoms with Crippen LogP contribution in [0.15, 0.2) is 30.3 Å². The van der Waals surface area contributed by atoms with Crippen molar-refractivity contribution in [2.75, 3.05) is 52.2 Å². The third kappa shape index (κ3) is 14.3. The highest BCUT2D eigenvalue weighted by molar-refractivity contribution is 7.89. The number of morpholine rings is 1. The molecule has 11 nitrogen and oxygen atoms in total. The van der Waals surface area contributed by atoms with E-state index >= 15 is 0 Å². The molecule has 1 aliphatic carbocycles. The van der Waals surface area contributed by atoms with Crippen LogP contribution in [0.4, 0.5) is 0 Å². The molecule has 0 unspecified atom stereocenters. The number of rotatable bonds is 20. The quantitative estimate of drug-likeness (QED) is 0.152. The van der Waals surface area contributed by atoms with Crippen molar-refractivity contribution in [1.82, 2.24) is 19.8 Å². The summed E-state index contributed by atoms with van der Waals surface area (Å²) in [5, 5.41) is 27.7. The van der Waals surface area contributed by atoms with Crippen molar-refractivity contribution in [2.24, 2.45) is 17.8 Å². The maximum absolute atomic E-state index is 13.9. The number of aliphatic hydroxyl groups excluding tert-OH is 2. The predicted octanol–water partition coefficient (Wildman–Crippen LogP) is 2.56. The molecule has 1 saturated heterocycles. The van der Waals surface area contributed by atoms with E-state index in [1.807, 2.05) is 44.2 Å². The van der Waals surface area contributed by atoms with Gasteiger partial charge in [-0.2, -0.15) is 0 Å². The van der Waals surface area contributed by atoms with Crippen LogP contribution in [0.5, 0.6) is 0 Å². The van der Waals surface area contributed by atoms with E-state index in [1.165, 1.54) is 11.4 Å². The van der Waals surface area contributed by atoms with Gasteiger partial charge < -0.3 is 25.6 Å². The number of sulfonamides is 1. The van der Waals surface area contributed by atoms with Gasteiger partial charge in [-0.1, -0.05) is 76.3 Å². The van der Waals surface area contributed by atoms with Crippen molar-refractivity contribution < 1.29 is 33.0 Å². The molecule has 0 spiro atoms. The van der Waals surface area contributed by atoms with Crippen LogP contribution in [0, 0.1) is 30.1 Å². The molecule has 276 valence electrons. The van der Waals surface area contributed by atoms with Crippen LogP contribution in [0.1, 0.15) is 77.2 Å². The average Bonchev–Trinajstić information content (AvgIpc) is 3.08. The standard InChI is InChI=1S/C37H60N4O7S/c1-5-13-32(37(45)39-33(26-30-16-10-7-11-17-30)35(43)34(42)24-28(2)3)38-36(44)31(25-29-14-8-6-9-15-29)27-49(46,47)40(4)18-12-19-41-20-22-48-23-21-41/h1,6,8-9,14-15,28,30-35,42-43H,7,10-13,16-27H2,2-4H3,(H,38,44)(H,39,45)/t31-,32+,33+,34+,35-/m1/s1. The van der Waals surface area contributed by atoms with Crippen molar-refractivity contribution in [3.8, 4) is 12.3 Å². The van der Waals surface area contributed by atoms with Gasteiger partial charge in [0.05, 0.1) is 37.0 Å². The summed E-state index contributed by atoms with van der Waals surface area (Å²) in [6.45, 7) is 7.97. The number of nitrogens with zero attached hydrogens (tertiary/aromatic N) is 2. The minimum absolute atomic E-state index is 0.120. The lowest BCUT2D eigenvalue weighted by atomic mass is 9.82. The first-order valence-corrected chi connectivity index (χ1v) is 19.7. The van der Waals surface area contributed by atoms with Crippen LogP contribution in [-0.2, 0) is 30.8 Å². The Balaban J connectivity index is 1.73. The van der Waals surface area contributed by atoms with Gasteiger partial charge in [0.25, 0.3) is 0 Å². The Morgan fingerprint density at radius 1 is 1.06 bits per heavy atom. The zero-order valence-electron chi connectivity index (χ0n) is 29.8. The summed E-state index contributed by atoms with van der Waals surface area (Å²) in [6.07, 6.45) is 10.3. The highest BCUT2D eigenvalue weighted by Gasteiger charge is 2.35. The van der Waals surface area contributed by atoms with E-state index in [1.54, 1.807) is 0 Å². The van der Waals surface area contributed by atoms with E-state index in [0.717, 1.165) is 57.3 Å². The second-order valence-electron chi connectivity index (χ2n) is 14.3. The summed E-state index contributed by atoms with van der Waals surface area (Å²) < 4.78 is 33.8. The van der Waals surface area contributed by atoms with E-state index in [-0.39, 0.29) is 18.8 Å². The lowest BCUT2D eigenvalue weighted by Gasteiger charge is -2.33. The van der Waals surface area contributed by atoms with E-state index in [2.05, 4.69) is 21.5 Å². The van der Waals surface area contributed by atoms with Gasteiger partial charge in [-0.05, 0) is 49.6 Å².